The fraction of sp³-hybridized carbons (Fsp3) is 0.450. The molecule has 2 aromatic heterocycles. The Balaban J connectivity index is 1.87. The van der Waals surface area contributed by atoms with Crippen LogP contribution >= 0.6 is 11.8 Å². The molecule has 1 N–H and O–H groups in total. The summed E-state index contributed by atoms with van der Waals surface area (Å²) in [5.41, 5.74) is 1.67. The van der Waals surface area contributed by atoms with E-state index in [0.29, 0.717) is 5.16 Å². The molecule has 3 rings (SSSR count). The van der Waals surface area contributed by atoms with Gasteiger partial charge < -0.3 is 9.88 Å². The number of rotatable bonds is 6. The maximum Gasteiger partial charge on any atom is 0.234 e. The standard InChI is InChI=1S/C20H24N6OS/c1-6-26-15-10-8-7-9-14(15)16-17(26)22-19(25-24-16)28-13(4)18(27)23-20(5,11-21)12(2)3/h7-10,12-13H,6H2,1-5H3,(H,23,27)/t13-,20-/m1/s1. The number of carbonyl (C=O) groups is 1. The van der Waals surface area contributed by atoms with Crippen LogP contribution in [0.4, 0.5) is 0 Å². The molecule has 2 atom stereocenters. The van der Waals surface area contributed by atoms with E-state index in [1.54, 1.807) is 13.8 Å². The molecule has 2 heterocycles. The molecular formula is C20H24N6OS. The Labute approximate surface area is 168 Å². The molecular weight excluding hydrogens is 372 g/mol. The summed E-state index contributed by atoms with van der Waals surface area (Å²) in [5.74, 6) is -0.226. The second-order valence-electron chi connectivity index (χ2n) is 7.25. The Bertz CT molecular complexity index is 1070. The second kappa shape index (κ2) is 7.76. The Hall–Kier alpha value is -2.66. The second-order valence-corrected chi connectivity index (χ2v) is 8.55. The SMILES string of the molecule is CCn1c2ccccc2c2nnc(S[C@H](C)C(=O)N[C@](C)(C#N)C(C)C)nc21. The molecule has 0 bridgehead atoms. The first kappa shape index (κ1) is 20.1. The predicted octanol–water partition coefficient (Wildman–Crippen LogP) is 3.53. The molecule has 1 amide bonds. The Kier molecular flexibility index (Phi) is 5.57. The topological polar surface area (TPSA) is 96.5 Å². The highest BCUT2D eigenvalue weighted by Gasteiger charge is 2.32. The molecule has 28 heavy (non-hydrogen) atoms. The summed E-state index contributed by atoms with van der Waals surface area (Å²) in [6, 6.07) is 10.2. The zero-order valence-corrected chi connectivity index (χ0v) is 17.5. The fourth-order valence-corrected chi connectivity index (χ4v) is 3.64. The van der Waals surface area contributed by atoms with Crippen molar-refractivity contribution in [3.63, 3.8) is 0 Å². The Morgan fingerprint density at radius 1 is 1.32 bits per heavy atom. The Morgan fingerprint density at radius 3 is 2.68 bits per heavy atom. The molecule has 1 aromatic carbocycles. The Morgan fingerprint density at radius 2 is 2.04 bits per heavy atom. The molecule has 146 valence electrons. The summed E-state index contributed by atoms with van der Waals surface area (Å²) >= 11 is 1.24. The number of aryl methyl sites for hydroxylation is 1. The van der Waals surface area contributed by atoms with E-state index in [0.717, 1.165) is 28.6 Å². The number of nitrogens with one attached hydrogen (secondary N) is 1. The lowest BCUT2D eigenvalue weighted by Gasteiger charge is -2.28. The molecule has 3 aromatic rings. The van der Waals surface area contributed by atoms with Crippen molar-refractivity contribution in [3.05, 3.63) is 24.3 Å². The highest BCUT2D eigenvalue weighted by atomic mass is 32.2. The van der Waals surface area contributed by atoms with Gasteiger partial charge >= 0.3 is 0 Å². The van der Waals surface area contributed by atoms with Crippen LogP contribution in [0.1, 0.15) is 34.6 Å². The number of nitrogens with zero attached hydrogens (tertiary/aromatic N) is 5. The minimum atomic E-state index is -0.913. The number of carbonyl (C=O) groups excluding carboxylic acids is 1. The van der Waals surface area contributed by atoms with Gasteiger partial charge in [0.1, 0.15) is 11.1 Å². The van der Waals surface area contributed by atoms with Gasteiger partial charge in [0.25, 0.3) is 0 Å². The number of hydrogen-bond donors (Lipinski definition) is 1. The minimum absolute atomic E-state index is 0.00632. The summed E-state index contributed by atoms with van der Waals surface area (Å²) in [4.78, 5) is 17.3. The van der Waals surface area contributed by atoms with Crippen LogP contribution in [-0.4, -0.2) is 36.4 Å². The third-order valence-electron chi connectivity index (χ3n) is 5.09. The first-order valence-corrected chi connectivity index (χ1v) is 10.2. The fourth-order valence-electron chi connectivity index (χ4n) is 2.93. The van der Waals surface area contributed by atoms with Crippen LogP contribution in [-0.2, 0) is 11.3 Å². The van der Waals surface area contributed by atoms with Crippen molar-refractivity contribution in [2.24, 2.45) is 5.92 Å². The number of fused-ring (bicyclic) bond motifs is 3. The molecule has 0 fully saturated rings. The highest BCUT2D eigenvalue weighted by molar-refractivity contribution is 8.00. The van der Waals surface area contributed by atoms with Crippen molar-refractivity contribution in [2.75, 3.05) is 0 Å². The summed E-state index contributed by atoms with van der Waals surface area (Å²) in [5, 5.41) is 21.9. The summed E-state index contributed by atoms with van der Waals surface area (Å²) in [6.45, 7) is 10.2. The molecule has 0 saturated carbocycles. The van der Waals surface area contributed by atoms with Gasteiger partial charge in [0.2, 0.25) is 11.1 Å². The first-order chi connectivity index (χ1) is 13.3. The van der Waals surface area contributed by atoms with E-state index < -0.39 is 10.8 Å². The molecule has 8 heteroatoms. The van der Waals surface area contributed by atoms with E-state index in [2.05, 4.69) is 38.1 Å². The molecule has 7 nitrogen and oxygen atoms in total. The first-order valence-electron chi connectivity index (χ1n) is 9.32. The van der Waals surface area contributed by atoms with Gasteiger partial charge in [-0.2, -0.15) is 5.26 Å². The van der Waals surface area contributed by atoms with Gasteiger partial charge in [-0.15, -0.1) is 10.2 Å². The summed E-state index contributed by atoms with van der Waals surface area (Å²) in [7, 11) is 0. The van der Waals surface area contributed by atoms with Crippen LogP contribution in [0.15, 0.2) is 29.4 Å². The van der Waals surface area contributed by atoms with Gasteiger partial charge in [-0.25, -0.2) is 4.98 Å². The maximum absolute atomic E-state index is 12.6. The van der Waals surface area contributed by atoms with E-state index >= 15 is 0 Å². The van der Waals surface area contributed by atoms with Gasteiger partial charge in [-0.05, 0) is 32.8 Å². The van der Waals surface area contributed by atoms with Crippen LogP contribution in [0.25, 0.3) is 22.1 Å². The number of nitriles is 1. The number of para-hydroxylation sites is 1. The van der Waals surface area contributed by atoms with E-state index in [-0.39, 0.29) is 11.8 Å². The molecule has 0 aliphatic carbocycles. The average molecular weight is 397 g/mol. The molecule has 0 aliphatic rings. The van der Waals surface area contributed by atoms with Gasteiger partial charge in [-0.1, -0.05) is 43.8 Å². The quantitative estimate of drug-likeness (QED) is 0.640. The van der Waals surface area contributed by atoms with Gasteiger partial charge in [0, 0.05) is 11.9 Å². The van der Waals surface area contributed by atoms with Crippen molar-refractivity contribution < 1.29 is 4.79 Å². The third-order valence-corrected chi connectivity index (χ3v) is 6.04. The van der Waals surface area contributed by atoms with Crippen molar-refractivity contribution in [1.82, 2.24) is 25.1 Å². The lowest BCUT2D eigenvalue weighted by Crippen LogP contribution is -2.51. The number of hydrogen-bond acceptors (Lipinski definition) is 6. The average Bonchev–Trinajstić information content (AvgIpc) is 3.00. The van der Waals surface area contributed by atoms with E-state index in [1.165, 1.54) is 11.8 Å². The van der Waals surface area contributed by atoms with Crippen molar-refractivity contribution >= 4 is 39.7 Å². The van der Waals surface area contributed by atoms with Crippen LogP contribution in [0, 0.1) is 17.2 Å². The van der Waals surface area contributed by atoms with Crippen molar-refractivity contribution in [3.8, 4) is 6.07 Å². The van der Waals surface area contributed by atoms with Crippen LogP contribution in [0.5, 0.6) is 0 Å². The van der Waals surface area contributed by atoms with Crippen molar-refractivity contribution in [1.29, 1.82) is 5.26 Å². The lowest BCUT2D eigenvalue weighted by atomic mass is 9.90. The van der Waals surface area contributed by atoms with E-state index in [9.17, 15) is 10.1 Å². The van der Waals surface area contributed by atoms with Crippen molar-refractivity contribution in [2.45, 2.75) is 57.1 Å². The normalized spacial score (nSPS) is 14.8. The summed E-state index contributed by atoms with van der Waals surface area (Å²) in [6.07, 6.45) is 0. The minimum Gasteiger partial charge on any atom is -0.337 e. The number of amides is 1. The largest absolute Gasteiger partial charge is 0.337 e. The zero-order chi connectivity index (χ0) is 20.5. The molecule has 0 spiro atoms. The number of thioether (sulfide) groups is 1. The van der Waals surface area contributed by atoms with Gasteiger partial charge in [0.05, 0.1) is 16.8 Å². The van der Waals surface area contributed by atoms with E-state index in [1.807, 2.05) is 38.1 Å². The number of benzene rings is 1. The van der Waals surface area contributed by atoms with Crippen LogP contribution in [0.3, 0.4) is 0 Å². The molecule has 0 aliphatic heterocycles. The van der Waals surface area contributed by atoms with Crippen LogP contribution < -0.4 is 5.32 Å². The molecule has 0 saturated heterocycles. The smallest absolute Gasteiger partial charge is 0.234 e. The lowest BCUT2D eigenvalue weighted by molar-refractivity contribution is -0.121. The monoisotopic (exact) mass is 396 g/mol. The predicted molar refractivity (Wildman–Crippen MR) is 111 cm³/mol. The van der Waals surface area contributed by atoms with Gasteiger partial charge in [-0.3, -0.25) is 4.79 Å². The molecule has 0 unspecified atom stereocenters. The third kappa shape index (κ3) is 3.54. The van der Waals surface area contributed by atoms with Gasteiger partial charge in [0.15, 0.2) is 5.65 Å². The maximum atomic E-state index is 12.6. The van der Waals surface area contributed by atoms with Crippen LogP contribution in [0.2, 0.25) is 0 Å². The highest BCUT2D eigenvalue weighted by Crippen LogP contribution is 2.28. The number of aromatic nitrogens is 4. The summed E-state index contributed by atoms with van der Waals surface area (Å²) < 4.78 is 2.10. The zero-order valence-electron chi connectivity index (χ0n) is 16.7. The molecule has 0 radical (unpaired) electrons. The van der Waals surface area contributed by atoms with E-state index in [4.69, 9.17) is 0 Å².